The molecule has 20 heavy (non-hydrogen) atoms. The molecular formula is C15H17F2NO2. The molecule has 3 nitrogen and oxygen atoms in total. The summed E-state index contributed by atoms with van der Waals surface area (Å²) in [5.74, 6) is -2.48. The molecule has 1 saturated heterocycles. The fourth-order valence-corrected chi connectivity index (χ4v) is 2.63. The molecule has 0 bridgehead atoms. The van der Waals surface area contributed by atoms with E-state index in [1.165, 1.54) is 6.08 Å². The first-order valence-corrected chi connectivity index (χ1v) is 6.49. The van der Waals surface area contributed by atoms with Crippen molar-refractivity contribution < 1.29 is 18.7 Å². The monoisotopic (exact) mass is 281 g/mol. The van der Waals surface area contributed by atoms with Gasteiger partial charge in [-0.15, -0.1) is 0 Å². The highest BCUT2D eigenvalue weighted by atomic mass is 19.1. The maximum Gasteiger partial charge on any atom is 0.328 e. The second-order valence-corrected chi connectivity index (χ2v) is 5.57. The summed E-state index contributed by atoms with van der Waals surface area (Å²) in [6.07, 6.45) is 3.81. The van der Waals surface area contributed by atoms with E-state index in [-0.39, 0.29) is 16.8 Å². The number of hydrogen-bond donors (Lipinski definition) is 1. The predicted octanol–water partition coefficient (Wildman–Crippen LogP) is 3.44. The van der Waals surface area contributed by atoms with Crippen LogP contribution in [0.25, 0.3) is 6.08 Å². The quantitative estimate of drug-likeness (QED) is 0.863. The van der Waals surface area contributed by atoms with Crippen LogP contribution in [0.4, 0.5) is 14.5 Å². The minimum atomic E-state index is -1.16. The summed E-state index contributed by atoms with van der Waals surface area (Å²) in [4.78, 5) is 12.2. The number of carboxylic acid groups (broad SMARTS) is 1. The standard InChI is InChI=1S/C15H17F2NO2/c1-15(2)6-3-7-18(15)14-11(16)8-10(9-12(14)17)4-5-13(19)20/h4-5,8-9H,3,6-7H2,1-2H3,(H,19,20). The van der Waals surface area contributed by atoms with Gasteiger partial charge in [-0.1, -0.05) is 0 Å². The number of hydrogen-bond acceptors (Lipinski definition) is 2. The highest BCUT2D eigenvalue weighted by Gasteiger charge is 2.35. The zero-order valence-electron chi connectivity index (χ0n) is 11.5. The lowest BCUT2D eigenvalue weighted by Crippen LogP contribution is -2.39. The lowest BCUT2D eigenvalue weighted by Gasteiger charge is -2.34. The molecule has 1 aromatic rings. The summed E-state index contributed by atoms with van der Waals surface area (Å²) in [7, 11) is 0. The molecule has 0 aliphatic carbocycles. The summed E-state index contributed by atoms with van der Waals surface area (Å²) >= 11 is 0. The lowest BCUT2D eigenvalue weighted by atomic mass is 10.0. The van der Waals surface area contributed by atoms with Gasteiger partial charge in [0.1, 0.15) is 17.3 Å². The molecule has 0 saturated carbocycles. The zero-order valence-corrected chi connectivity index (χ0v) is 11.5. The number of aliphatic carboxylic acids is 1. The average molecular weight is 281 g/mol. The van der Waals surface area contributed by atoms with E-state index in [0.29, 0.717) is 6.54 Å². The SMILES string of the molecule is CC1(C)CCCN1c1c(F)cc(C=CC(=O)O)cc1F. The van der Waals surface area contributed by atoms with Crippen LogP contribution in [0.15, 0.2) is 18.2 Å². The number of anilines is 1. The summed E-state index contributed by atoms with van der Waals surface area (Å²) in [6.45, 7) is 4.53. The highest BCUT2D eigenvalue weighted by molar-refractivity contribution is 5.85. The van der Waals surface area contributed by atoms with Gasteiger partial charge in [-0.3, -0.25) is 0 Å². The van der Waals surface area contributed by atoms with Gasteiger partial charge in [0, 0.05) is 18.2 Å². The molecule has 1 aliphatic heterocycles. The van der Waals surface area contributed by atoms with Gasteiger partial charge in [-0.2, -0.15) is 0 Å². The Morgan fingerprint density at radius 2 is 1.95 bits per heavy atom. The molecule has 0 atom stereocenters. The molecule has 1 aliphatic rings. The van der Waals surface area contributed by atoms with Gasteiger partial charge in [-0.25, -0.2) is 13.6 Å². The third-order valence-electron chi connectivity index (χ3n) is 3.63. The van der Waals surface area contributed by atoms with Gasteiger partial charge >= 0.3 is 5.97 Å². The summed E-state index contributed by atoms with van der Waals surface area (Å²) in [6, 6.07) is 2.32. The highest BCUT2D eigenvalue weighted by Crippen LogP contribution is 2.37. The van der Waals surface area contributed by atoms with Crippen molar-refractivity contribution in [3.05, 3.63) is 35.4 Å². The van der Waals surface area contributed by atoms with E-state index in [0.717, 1.165) is 31.1 Å². The van der Waals surface area contributed by atoms with Crippen molar-refractivity contribution in [2.24, 2.45) is 0 Å². The second kappa shape index (κ2) is 5.23. The zero-order chi connectivity index (χ0) is 14.9. The molecule has 5 heteroatoms. The van der Waals surface area contributed by atoms with Crippen LogP contribution >= 0.6 is 0 Å². The molecule has 0 aromatic heterocycles. The van der Waals surface area contributed by atoms with Crippen molar-refractivity contribution >= 4 is 17.7 Å². The van der Waals surface area contributed by atoms with Crippen LogP contribution in [-0.2, 0) is 4.79 Å². The first-order chi connectivity index (χ1) is 9.31. The van der Waals surface area contributed by atoms with Crippen molar-refractivity contribution in [2.45, 2.75) is 32.2 Å². The van der Waals surface area contributed by atoms with Crippen LogP contribution in [-0.4, -0.2) is 23.2 Å². The maximum atomic E-state index is 14.2. The largest absolute Gasteiger partial charge is 0.478 e. The van der Waals surface area contributed by atoms with E-state index in [1.807, 2.05) is 13.8 Å². The van der Waals surface area contributed by atoms with E-state index in [1.54, 1.807) is 4.90 Å². The Morgan fingerprint density at radius 1 is 1.35 bits per heavy atom. The van der Waals surface area contributed by atoms with E-state index >= 15 is 0 Å². The molecule has 1 N–H and O–H groups in total. The smallest absolute Gasteiger partial charge is 0.328 e. The van der Waals surface area contributed by atoms with Gasteiger partial charge in [0.05, 0.1) is 0 Å². The Bertz CT molecular complexity index is 544. The molecule has 0 radical (unpaired) electrons. The van der Waals surface area contributed by atoms with E-state index in [2.05, 4.69) is 0 Å². The summed E-state index contributed by atoms with van der Waals surface area (Å²) in [5, 5.41) is 8.53. The van der Waals surface area contributed by atoms with Crippen LogP contribution < -0.4 is 4.90 Å². The summed E-state index contributed by atoms with van der Waals surface area (Å²) < 4.78 is 28.3. The van der Waals surface area contributed by atoms with Gasteiger partial charge < -0.3 is 10.0 Å². The molecule has 108 valence electrons. The molecule has 2 rings (SSSR count). The Labute approximate surface area is 116 Å². The minimum Gasteiger partial charge on any atom is -0.478 e. The maximum absolute atomic E-state index is 14.2. The number of rotatable bonds is 3. The second-order valence-electron chi connectivity index (χ2n) is 5.57. The van der Waals surface area contributed by atoms with Crippen molar-refractivity contribution in [1.29, 1.82) is 0 Å². The van der Waals surface area contributed by atoms with E-state index in [9.17, 15) is 13.6 Å². The molecular weight excluding hydrogens is 264 g/mol. The van der Waals surface area contributed by atoms with Gasteiger partial charge in [-0.05, 0) is 50.5 Å². The number of benzene rings is 1. The number of carboxylic acids is 1. The fourth-order valence-electron chi connectivity index (χ4n) is 2.63. The Kier molecular flexibility index (Phi) is 3.79. The normalized spacial score (nSPS) is 17.9. The minimum absolute atomic E-state index is 0.0278. The fraction of sp³-hybridized carbons (Fsp3) is 0.400. The number of carbonyl (C=O) groups is 1. The van der Waals surface area contributed by atoms with Crippen LogP contribution in [0.2, 0.25) is 0 Å². The van der Waals surface area contributed by atoms with Crippen LogP contribution in [0.3, 0.4) is 0 Å². The van der Waals surface area contributed by atoms with Crippen LogP contribution in [0.1, 0.15) is 32.3 Å². The predicted molar refractivity (Wildman–Crippen MR) is 73.7 cm³/mol. The van der Waals surface area contributed by atoms with Crippen LogP contribution in [0, 0.1) is 11.6 Å². The van der Waals surface area contributed by atoms with Crippen LogP contribution in [0.5, 0.6) is 0 Å². The topological polar surface area (TPSA) is 40.5 Å². The first-order valence-electron chi connectivity index (χ1n) is 6.49. The molecule has 0 amide bonds. The number of halogens is 2. The molecule has 1 heterocycles. The molecule has 0 spiro atoms. The van der Waals surface area contributed by atoms with Crippen molar-refractivity contribution in [3.8, 4) is 0 Å². The Morgan fingerprint density at radius 3 is 2.40 bits per heavy atom. The third kappa shape index (κ3) is 2.81. The van der Waals surface area contributed by atoms with E-state index < -0.39 is 17.6 Å². The van der Waals surface area contributed by atoms with Gasteiger partial charge in [0.2, 0.25) is 0 Å². The van der Waals surface area contributed by atoms with Gasteiger partial charge in [0.15, 0.2) is 0 Å². The van der Waals surface area contributed by atoms with Crippen molar-refractivity contribution in [2.75, 3.05) is 11.4 Å². The Hall–Kier alpha value is -1.91. The van der Waals surface area contributed by atoms with Crippen molar-refractivity contribution in [1.82, 2.24) is 0 Å². The van der Waals surface area contributed by atoms with Gasteiger partial charge in [0.25, 0.3) is 0 Å². The average Bonchev–Trinajstić information content (AvgIpc) is 2.66. The third-order valence-corrected chi connectivity index (χ3v) is 3.63. The molecule has 1 aromatic carbocycles. The van der Waals surface area contributed by atoms with E-state index in [4.69, 9.17) is 5.11 Å². The lowest BCUT2D eigenvalue weighted by molar-refractivity contribution is -0.131. The summed E-state index contributed by atoms with van der Waals surface area (Å²) in [5.41, 5.74) is -0.108. The molecule has 1 fully saturated rings. The van der Waals surface area contributed by atoms with Crippen molar-refractivity contribution in [3.63, 3.8) is 0 Å². The Balaban J connectivity index is 2.39. The molecule has 0 unspecified atom stereocenters. The number of nitrogens with zero attached hydrogens (tertiary/aromatic N) is 1. The first kappa shape index (κ1) is 14.5.